The van der Waals surface area contributed by atoms with E-state index in [4.69, 9.17) is 0 Å². The zero-order valence-corrected chi connectivity index (χ0v) is 35.4. The van der Waals surface area contributed by atoms with Gasteiger partial charge in [-0.1, -0.05) is 127 Å². The van der Waals surface area contributed by atoms with Crippen LogP contribution in [0.4, 0.5) is 0 Å². The van der Waals surface area contributed by atoms with Crippen LogP contribution in [-0.4, -0.2) is 13.7 Å². The zero-order chi connectivity index (χ0) is 41.9. The number of fused-ring (bicyclic) bond motifs is 12. The summed E-state index contributed by atoms with van der Waals surface area (Å²) in [6.07, 6.45) is 0. The summed E-state index contributed by atoms with van der Waals surface area (Å²) < 4.78 is 9.91. The minimum Gasteiger partial charge on any atom is -0.309 e. The van der Waals surface area contributed by atoms with E-state index in [2.05, 4.69) is 238 Å². The fraction of sp³-hybridized carbons (Fsp3) is 0. The summed E-state index contributed by atoms with van der Waals surface area (Å²) in [6.45, 7) is 0. The Hall–Kier alpha value is -8.18. The largest absolute Gasteiger partial charge is 0.309 e. The van der Waals surface area contributed by atoms with Crippen molar-refractivity contribution in [2.24, 2.45) is 0 Å². The molecule has 4 heteroatoms. The maximum Gasteiger partial charge on any atom is 0.0541 e. The van der Waals surface area contributed by atoms with Gasteiger partial charge in [0.25, 0.3) is 0 Å². The first kappa shape index (κ1) is 35.4. The van der Waals surface area contributed by atoms with Gasteiger partial charge in [0.05, 0.1) is 33.1 Å². The Labute approximate surface area is 372 Å². The first-order valence-electron chi connectivity index (χ1n) is 21.9. The molecule has 0 aliphatic carbocycles. The van der Waals surface area contributed by atoms with E-state index in [0.717, 1.165) is 17.1 Å². The SMILES string of the molecule is c1cc(-c2ccc3sc4ccccc4c3c2)cc(-n2c3ccccc3c3cc(-c4ccc5c(c4)c4ccccc4n5-c4cccc(-n5c6ccccc6c6ccccc65)c4)ccc32)c1. The van der Waals surface area contributed by atoms with Gasteiger partial charge in [-0.15, -0.1) is 11.3 Å². The van der Waals surface area contributed by atoms with Crippen LogP contribution < -0.4 is 0 Å². The lowest BCUT2D eigenvalue weighted by molar-refractivity contribution is 1.13. The summed E-state index contributed by atoms with van der Waals surface area (Å²) in [5.74, 6) is 0. The minimum atomic E-state index is 1.14. The van der Waals surface area contributed by atoms with Crippen LogP contribution in [0, 0.1) is 0 Å². The van der Waals surface area contributed by atoms with Crippen molar-refractivity contribution in [1.29, 1.82) is 0 Å². The molecule has 0 saturated heterocycles. The van der Waals surface area contributed by atoms with E-state index >= 15 is 0 Å². The van der Waals surface area contributed by atoms with Crippen molar-refractivity contribution < 1.29 is 0 Å². The quantitative estimate of drug-likeness (QED) is 0.164. The van der Waals surface area contributed by atoms with Gasteiger partial charge in [0, 0.05) is 69.6 Å². The van der Waals surface area contributed by atoms with Gasteiger partial charge in [-0.05, 0) is 119 Å². The van der Waals surface area contributed by atoms with E-state index in [1.165, 1.54) is 108 Å². The number of para-hydroxylation sites is 4. The second-order valence-corrected chi connectivity index (χ2v) is 18.0. The van der Waals surface area contributed by atoms with Crippen LogP contribution in [0.1, 0.15) is 0 Å². The highest BCUT2D eigenvalue weighted by Crippen LogP contribution is 2.41. The van der Waals surface area contributed by atoms with Crippen LogP contribution in [0.25, 0.3) is 125 Å². The highest BCUT2D eigenvalue weighted by molar-refractivity contribution is 7.25. The van der Waals surface area contributed by atoms with Gasteiger partial charge in [0.15, 0.2) is 0 Å². The van der Waals surface area contributed by atoms with Crippen molar-refractivity contribution in [2.45, 2.75) is 0 Å². The zero-order valence-electron chi connectivity index (χ0n) is 34.6. The predicted octanol–water partition coefficient (Wildman–Crippen LogP) is 16.7. The molecule has 4 heterocycles. The van der Waals surface area contributed by atoms with Gasteiger partial charge in [-0.25, -0.2) is 0 Å². The first-order valence-corrected chi connectivity index (χ1v) is 22.7. The fourth-order valence-electron chi connectivity index (χ4n) is 10.6. The van der Waals surface area contributed by atoms with Gasteiger partial charge in [-0.3, -0.25) is 0 Å². The van der Waals surface area contributed by atoms with Crippen LogP contribution >= 0.6 is 11.3 Å². The molecule has 0 bridgehead atoms. The van der Waals surface area contributed by atoms with Crippen LogP contribution in [0.5, 0.6) is 0 Å². The van der Waals surface area contributed by atoms with E-state index < -0.39 is 0 Å². The normalized spacial score (nSPS) is 12.1. The van der Waals surface area contributed by atoms with Crippen molar-refractivity contribution in [3.05, 3.63) is 224 Å². The third-order valence-corrected chi connectivity index (χ3v) is 14.6. The lowest BCUT2D eigenvalue weighted by atomic mass is 10.0. The monoisotopic (exact) mass is 831 g/mol. The Bertz CT molecular complexity index is 4160. The molecule has 4 aromatic heterocycles. The van der Waals surface area contributed by atoms with E-state index in [1.54, 1.807) is 0 Å². The van der Waals surface area contributed by atoms with Crippen molar-refractivity contribution >= 4 is 96.9 Å². The van der Waals surface area contributed by atoms with Crippen molar-refractivity contribution in [3.8, 4) is 39.3 Å². The molecule has 0 atom stereocenters. The Morgan fingerprint density at radius 3 is 1.11 bits per heavy atom. The van der Waals surface area contributed by atoms with Crippen molar-refractivity contribution in [2.75, 3.05) is 0 Å². The molecule has 0 N–H and O–H groups in total. The average molecular weight is 832 g/mol. The molecule has 14 aromatic rings. The number of benzene rings is 10. The van der Waals surface area contributed by atoms with Gasteiger partial charge >= 0.3 is 0 Å². The fourth-order valence-corrected chi connectivity index (χ4v) is 11.6. The third kappa shape index (κ3) is 5.21. The molecule has 0 saturated carbocycles. The lowest BCUT2D eigenvalue weighted by Crippen LogP contribution is -1.98. The molecule has 298 valence electrons. The maximum atomic E-state index is 2.43. The van der Waals surface area contributed by atoms with Crippen LogP contribution in [-0.2, 0) is 0 Å². The second-order valence-electron chi connectivity index (χ2n) is 16.9. The summed E-state index contributed by atoms with van der Waals surface area (Å²) in [5.41, 5.74) is 15.5. The van der Waals surface area contributed by atoms with Gasteiger partial charge in [0.1, 0.15) is 0 Å². The number of hydrogen-bond acceptors (Lipinski definition) is 1. The van der Waals surface area contributed by atoms with Gasteiger partial charge in [-0.2, -0.15) is 0 Å². The molecule has 0 radical (unpaired) electrons. The molecule has 0 unspecified atom stereocenters. The van der Waals surface area contributed by atoms with E-state index in [1.807, 2.05) is 11.3 Å². The summed E-state index contributed by atoms with van der Waals surface area (Å²) in [6, 6.07) is 82.8. The third-order valence-electron chi connectivity index (χ3n) is 13.4. The molecule has 0 aliphatic rings. The molecule has 0 aliphatic heterocycles. The standard InChI is InChI=1S/C60H37N3S/c1-6-22-53-45(17-1)46-18-2-7-23-54(46)62(53)43-15-12-16-44(37-43)63-56-25-9-4-20-48(56)51-35-40(28-31-58(51)63)39-27-30-57-50(34-39)47-19-3-8-24-55(47)61(57)42-14-11-13-38(33-42)41-29-32-60-52(36-41)49-21-5-10-26-59(49)64-60/h1-37H. The Morgan fingerprint density at radius 2 is 0.578 bits per heavy atom. The molecular formula is C60H37N3S. The lowest BCUT2D eigenvalue weighted by Gasteiger charge is -2.13. The van der Waals surface area contributed by atoms with E-state index in [-0.39, 0.29) is 0 Å². The van der Waals surface area contributed by atoms with Crippen molar-refractivity contribution in [3.63, 3.8) is 0 Å². The summed E-state index contributed by atoms with van der Waals surface area (Å²) in [7, 11) is 0. The highest BCUT2D eigenvalue weighted by atomic mass is 32.1. The number of hydrogen-bond donors (Lipinski definition) is 0. The minimum absolute atomic E-state index is 1.14. The Balaban J connectivity index is 0.885. The molecule has 10 aromatic carbocycles. The van der Waals surface area contributed by atoms with E-state index in [9.17, 15) is 0 Å². The Morgan fingerprint density at radius 1 is 0.219 bits per heavy atom. The molecule has 14 rings (SSSR count). The maximum absolute atomic E-state index is 2.43. The topological polar surface area (TPSA) is 14.8 Å². The summed E-state index contributed by atoms with van der Waals surface area (Å²) in [5, 5.41) is 10.1. The molecule has 0 spiro atoms. The summed E-state index contributed by atoms with van der Waals surface area (Å²) >= 11 is 1.86. The van der Waals surface area contributed by atoms with Gasteiger partial charge < -0.3 is 13.7 Å². The van der Waals surface area contributed by atoms with Gasteiger partial charge in [0.2, 0.25) is 0 Å². The molecule has 0 amide bonds. The smallest absolute Gasteiger partial charge is 0.0541 e. The predicted molar refractivity (Wildman–Crippen MR) is 273 cm³/mol. The second kappa shape index (κ2) is 13.7. The Kier molecular flexibility index (Phi) is 7.56. The molecule has 64 heavy (non-hydrogen) atoms. The molecule has 3 nitrogen and oxygen atoms in total. The number of aromatic nitrogens is 3. The number of thiophene rings is 1. The number of rotatable bonds is 5. The van der Waals surface area contributed by atoms with Crippen LogP contribution in [0.3, 0.4) is 0 Å². The average Bonchev–Trinajstić information content (AvgIpc) is 4.10. The van der Waals surface area contributed by atoms with E-state index in [0.29, 0.717) is 0 Å². The summed E-state index contributed by atoms with van der Waals surface area (Å²) in [4.78, 5) is 0. The first-order chi connectivity index (χ1) is 31.7. The van der Waals surface area contributed by atoms with Crippen LogP contribution in [0.15, 0.2) is 224 Å². The molecular weight excluding hydrogens is 795 g/mol. The molecule has 0 fully saturated rings. The number of nitrogens with zero attached hydrogens (tertiary/aromatic N) is 3. The highest BCUT2D eigenvalue weighted by Gasteiger charge is 2.18. The van der Waals surface area contributed by atoms with Crippen molar-refractivity contribution in [1.82, 2.24) is 13.7 Å². The van der Waals surface area contributed by atoms with Crippen LogP contribution in [0.2, 0.25) is 0 Å².